The number of nitrogens with zero attached hydrogens (tertiary/aromatic N) is 2. The number of cyclic esters (lactones) is 1. The summed E-state index contributed by atoms with van der Waals surface area (Å²) in [5.41, 5.74) is -3.98. The highest BCUT2D eigenvalue weighted by Crippen LogP contribution is 2.42. The normalized spacial score (nSPS) is 45.1. The fourth-order valence-electron chi connectivity index (χ4n) is 9.94. The predicted molar refractivity (Wildman–Crippen MR) is 220 cm³/mol. The first-order valence-corrected chi connectivity index (χ1v) is 21.9. The van der Waals surface area contributed by atoms with Crippen molar-refractivity contribution in [2.24, 2.45) is 17.8 Å². The minimum atomic E-state index is -1.58. The van der Waals surface area contributed by atoms with Gasteiger partial charge in [-0.1, -0.05) is 27.7 Å². The van der Waals surface area contributed by atoms with E-state index in [1.165, 1.54) is 7.11 Å². The van der Waals surface area contributed by atoms with Crippen LogP contribution in [0.25, 0.3) is 0 Å². The molecule has 18 atom stereocenters. The van der Waals surface area contributed by atoms with Crippen molar-refractivity contribution in [2.75, 3.05) is 41.3 Å². The third kappa shape index (κ3) is 11.2. The molecule has 4 heterocycles. The number of amides is 1. The van der Waals surface area contributed by atoms with Crippen molar-refractivity contribution in [3.05, 3.63) is 0 Å². The molecule has 0 aliphatic carbocycles. The second-order valence-electron chi connectivity index (χ2n) is 18.9. The van der Waals surface area contributed by atoms with Crippen molar-refractivity contribution >= 4 is 18.2 Å². The van der Waals surface area contributed by atoms with E-state index >= 15 is 0 Å². The van der Waals surface area contributed by atoms with Crippen molar-refractivity contribution in [2.45, 2.75) is 199 Å². The molecular weight excluding hydrogens is 782 g/mol. The predicted octanol–water partition coefficient (Wildman–Crippen LogP) is 4.23. The van der Waals surface area contributed by atoms with E-state index in [0.717, 1.165) is 6.42 Å². The molecule has 0 saturated carbocycles. The highest BCUT2D eigenvalue weighted by molar-refractivity contribution is 5.73. The van der Waals surface area contributed by atoms with Gasteiger partial charge in [0.15, 0.2) is 30.4 Å². The van der Waals surface area contributed by atoms with Gasteiger partial charge in [-0.15, -0.1) is 0 Å². The SMILES string of the molecule is CCCNC(=O)O[C@H]1[C@H](C)O[C@@H](O[C@H]2[C@H](C)[C@@H](O[C@@H]3O[C@H](C)C[C@H](N(C)C)[C@H]3O)[C@@](C)(O)C[C@@H](C)CN(C)[C@H](C)[C@H]3OC(=O)O[C@]3(C)[C@@H](CC)OC(=O)[C@@H]2C)C[C@@]1(C)OC. The zero-order valence-corrected chi connectivity index (χ0v) is 38.8. The van der Waals surface area contributed by atoms with Gasteiger partial charge in [0.05, 0.1) is 35.9 Å². The highest BCUT2D eigenvalue weighted by Gasteiger charge is 2.58. The molecule has 4 rings (SSSR count). The summed E-state index contributed by atoms with van der Waals surface area (Å²) >= 11 is 0. The van der Waals surface area contributed by atoms with Crippen LogP contribution in [-0.4, -0.2) is 170 Å². The van der Waals surface area contributed by atoms with E-state index < -0.39 is 102 Å². The third-order valence-corrected chi connectivity index (χ3v) is 13.4. The minimum Gasteiger partial charge on any atom is -0.458 e. The van der Waals surface area contributed by atoms with E-state index in [0.29, 0.717) is 25.9 Å². The Hall–Kier alpha value is -2.35. The first-order valence-electron chi connectivity index (χ1n) is 21.9. The summed E-state index contributed by atoms with van der Waals surface area (Å²) < 4.78 is 56.2. The smallest absolute Gasteiger partial charge is 0.458 e. The molecule has 17 heteroatoms. The third-order valence-electron chi connectivity index (χ3n) is 13.4. The van der Waals surface area contributed by atoms with E-state index in [1.54, 1.807) is 27.7 Å². The number of ether oxygens (including phenoxy) is 9. The molecule has 0 radical (unpaired) electrons. The molecule has 0 aromatic heterocycles. The quantitative estimate of drug-likeness (QED) is 0.209. The number of hydrogen-bond acceptors (Lipinski definition) is 16. The van der Waals surface area contributed by atoms with Crippen LogP contribution in [0.4, 0.5) is 9.59 Å². The topological polar surface area (TPSA) is 193 Å². The molecule has 60 heavy (non-hydrogen) atoms. The molecule has 0 aromatic carbocycles. The van der Waals surface area contributed by atoms with Gasteiger partial charge >= 0.3 is 18.2 Å². The molecule has 0 spiro atoms. The fraction of sp³-hybridized carbons (Fsp3) is 0.930. The van der Waals surface area contributed by atoms with E-state index in [-0.39, 0.29) is 36.9 Å². The first-order chi connectivity index (χ1) is 27.9. The van der Waals surface area contributed by atoms with Crippen LogP contribution in [0, 0.1) is 17.8 Å². The Morgan fingerprint density at radius 2 is 1.65 bits per heavy atom. The van der Waals surface area contributed by atoms with Crippen LogP contribution in [0.15, 0.2) is 0 Å². The lowest BCUT2D eigenvalue weighted by molar-refractivity contribution is -0.317. The van der Waals surface area contributed by atoms with Crippen molar-refractivity contribution in [3.8, 4) is 0 Å². The molecule has 17 nitrogen and oxygen atoms in total. The lowest BCUT2D eigenvalue weighted by Crippen LogP contribution is -2.61. The maximum absolute atomic E-state index is 14.6. The first kappa shape index (κ1) is 50.3. The number of esters is 1. The summed E-state index contributed by atoms with van der Waals surface area (Å²) in [5.74, 6) is -2.59. The van der Waals surface area contributed by atoms with Gasteiger partial charge in [0.25, 0.3) is 0 Å². The van der Waals surface area contributed by atoms with Crippen LogP contribution < -0.4 is 5.32 Å². The summed E-state index contributed by atoms with van der Waals surface area (Å²) in [6.07, 6.45) is -8.27. The van der Waals surface area contributed by atoms with Gasteiger partial charge in [-0.3, -0.25) is 9.69 Å². The van der Waals surface area contributed by atoms with Gasteiger partial charge in [0.1, 0.15) is 17.8 Å². The van der Waals surface area contributed by atoms with Gasteiger partial charge < -0.3 is 63.1 Å². The van der Waals surface area contributed by atoms with Gasteiger partial charge in [0, 0.05) is 44.6 Å². The molecular formula is C43H77N3O14. The van der Waals surface area contributed by atoms with Crippen molar-refractivity contribution in [3.63, 3.8) is 0 Å². The summed E-state index contributed by atoms with van der Waals surface area (Å²) in [6.45, 7) is 21.1. The summed E-state index contributed by atoms with van der Waals surface area (Å²) in [5, 5.41) is 27.1. The largest absolute Gasteiger partial charge is 0.509 e. The molecule has 0 bridgehead atoms. The van der Waals surface area contributed by atoms with Crippen LogP contribution in [0.2, 0.25) is 0 Å². The fourth-order valence-corrected chi connectivity index (χ4v) is 9.94. The van der Waals surface area contributed by atoms with Crippen LogP contribution in [-0.2, 0) is 47.4 Å². The maximum atomic E-state index is 14.6. The number of alkyl carbamates (subject to hydrolysis) is 1. The standard InChI is InChI=1S/C43H77N3O14/c1-16-18-44-39(49)58-36-28(8)54-31(21-42(36,10)52-15)56-33-25(5)34(57-38-32(47)29(45(12)13)19-24(4)53-38)41(9,51)20-23(3)22-46(14)27(7)35-43(11,60-40(50)59-35)30(17-2)55-37(48)26(33)6/h23-36,38,47,51H,16-22H2,1-15H3,(H,44,49)/t23-,24-,25+,26-,27-,28+,29+,30-,31+,32-,33+,34-,35-,36+,38+,41+,42-,43-/m1/s1. The maximum Gasteiger partial charge on any atom is 0.509 e. The molecule has 4 aliphatic rings. The average Bonchev–Trinajstić information content (AvgIpc) is 3.48. The van der Waals surface area contributed by atoms with Crippen LogP contribution in [0.1, 0.15) is 108 Å². The number of carbonyl (C=O) groups excluding carboxylic acids is 3. The Bertz CT molecular complexity index is 1440. The number of likely N-dealkylation sites (N-methyl/N-ethyl adjacent to an activating group) is 2. The second kappa shape index (κ2) is 20.4. The molecule has 0 aromatic rings. The summed E-state index contributed by atoms with van der Waals surface area (Å²) in [7, 11) is 7.21. The molecule has 4 saturated heterocycles. The Labute approximate surface area is 357 Å². The average molecular weight is 860 g/mol. The van der Waals surface area contributed by atoms with E-state index in [4.69, 9.17) is 42.6 Å². The van der Waals surface area contributed by atoms with Crippen LogP contribution in [0.3, 0.4) is 0 Å². The monoisotopic (exact) mass is 860 g/mol. The number of rotatable bonds is 10. The summed E-state index contributed by atoms with van der Waals surface area (Å²) in [6, 6.07) is -0.657. The molecule has 4 aliphatic heterocycles. The van der Waals surface area contributed by atoms with E-state index in [2.05, 4.69) is 5.32 Å². The Morgan fingerprint density at radius 1 is 0.983 bits per heavy atom. The van der Waals surface area contributed by atoms with Crippen LogP contribution in [0.5, 0.6) is 0 Å². The Kier molecular flexibility index (Phi) is 17.1. The zero-order valence-electron chi connectivity index (χ0n) is 38.8. The lowest BCUT2D eigenvalue weighted by Gasteiger charge is -2.49. The number of carbonyl (C=O) groups is 3. The van der Waals surface area contributed by atoms with Gasteiger partial charge in [-0.25, -0.2) is 9.59 Å². The zero-order chi connectivity index (χ0) is 45.1. The summed E-state index contributed by atoms with van der Waals surface area (Å²) in [4.78, 5) is 44.1. The van der Waals surface area contributed by atoms with Crippen molar-refractivity contribution < 1.29 is 67.2 Å². The van der Waals surface area contributed by atoms with Gasteiger partial charge in [-0.2, -0.15) is 0 Å². The minimum absolute atomic E-state index is 0.102. The van der Waals surface area contributed by atoms with Gasteiger partial charge in [-0.05, 0) is 101 Å². The number of hydrogen-bond donors (Lipinski definition) is 3. The molecule has 348 valence electrons. The van der Waals surface area contributed by atoms with Gasteiger partial charge in [0.2, 0.25) is 0 Å². The van der Waals surface area contributed by atoms with Crippen molar-refractivity contribution in [1.82, 2.24) is 15.1 Å². The lowest BCUT2D eigenvalue weighted by atomic mass is 9.77. The van der Waals surface area contributed by atoms with Crippen molar-refractivity contribution in [1.29, 1.82) is 0 Å². The number of aliphatic hydroxyl groups excluding tert-OH is 1. The molecule has 3 N–H and O–H groups in total. The Balaban J connectivity index is 1.81. The molecule has 0 unspecified atom stereocenters. The second-order valence-corrected chi connectivity index (χ2v) is 18.9. The number of methoxy groups -OCH3 is 1. The van der Waals surface area contributed by atoms with E-state index in [9.17, 15) is 24.6 Å². The van der Waals surface area contributed by atoms with E-state index in [1.807, 2.05) is 79.4 Å². The highest BCUT2D eigenvalue weighted by atomic mass is 16.8. The Morgan fingerprint density at radius 3 is 2.25 bits per heavy atom. The number of fused-ring (bicyclic) bond motifs is 1. The molecule has 4 fully saturated rings. The van der Waals surface area contributed by atoms with Crippen LogP contribution >= 0.6 is 0 Å². The number of nitrogens with one attached hydrogen (secondary N) is 1. The number of aliphatic hydroxyl groups is 2. The molecule has 1 amide bonds.